The highest BCUT2D eigenvalue weighted by Gasteiger charge is 2.47. The molecular weight excluding hydrogens is 425 g/mol. The summed E-state index contributed by atoms with van der Waals surface area (Å²) in [6.45, 7) is 5.54. The smallest absolute Gasteiger partial charge is 0.336 e. The number of alkyl halides is 3. The summed E-state index contributed by atoms with van der Waals surface area (Å²) in [4.78, 5) is 17.1. The molecule has 0 saturated heterocycles. The number of aryl methyl sites for hydroxylation is 1. The van der Waals surface area contributed by atoms with Crippen molar-refractivity contribution in [2.75, 3.05) is 0 Å². The zero-order valence-corrected chi connectivity index (χ0v) is 18.4. The molecule has 1 amide bonds. The molecule has 2 atom stereocenters. The van der Waals surface area contributed by atoms with E-state index in [1.807, 2.05) is 32.2 Å². The van der Waals surface area contributed by atoms with Crippen molar-refractivity contribution in [1.82, 2.24) is 15.6 Å². The molecular formula is C22H25F3N4OS. The molecule has 0 spiro atoms. The number of hydrogen-bond acceptors (Lipinski definition) is 5. The first-order chi connectivity index (χ1) is 14.5. The minimum absolute atomic E-state index is 0.00936. The highest BCUT2D eigenvalue weighted by Crippen LogP contribution is 2.36. The number of nitriles is 1. The van der Waals surface area contributed by atoms with Crippen LogP contribution in [0, 0.1) is 24.2 Å². The average molecular weight is 451 g/mol. The fraction of sp³-hybridized carbons (Fsp3) is 0.500. The Kier molecular flexibility index (Phi) is 6.72. The molecule has 0 bridgehead atoms. The van der Waals surface area contributed by atoms with Gasteiger partial charge in [-0.1, -0.05) is 38.1 Å². The van der Waals surface area contributed by atoms with Crippen molar-refractivity contribution in [1.29, 1.82) is 5.26 Å². The molecule has 1 aromatic heterocycles. The van der Waals surface area contributed by atoms with Crippen molar-refractivity contribution in [3.8, 4) is 16.6 Å². The van der Waals surface area contributed by atoms with Crippen LogP contribution < -0.4 is 10.6 Å². The topological polar surface area (TPSA) is 77.8 Å². The van der Waals surface area contributed by atoms with Gasteiger partial charge >= 0.3 is 6.18 Å². The zero-order valence-electron chi connectivity index (χ0n) is 17.6. The lowest BCUT2D eigenvalue weighted by atomic mass is 9.98. The van der Waals surface area contributed by atoms with Gasteiger partial charge in [-0.05, 0) is 37.7 Å². The number of aromatic nitrogens is 1. The SMILES string of the molecule is Cc1csc(-c2ccc([C@H](N[C@@H](CC(C)C)C(=O)NC3(C#N)CC3)C(F)(F)F)cc2)n1. The predicted octanol–water partition coefficient (Wildman–Crippen LogP) is 4.90. The number of halogens is 3. The number of carbonyl (C=O) groups excluding carboxylic acids is 1. The Morgan fingerprint density at radius 3 is 2.39 bits per heavy atom. The number of nitrogens with one attached hydrogen (secondary N) is 2. The van der Waals surface area contributed by atoms with Gasteiger partial charge in [-0.15, -0.1) is 11.3 Å². The van der Waals surface area contributed by atoms with Gasteiger partial charge in [-0.2, -0.15) is 18.4 Å². The number of amides is 1. The molecule has 166 valence electrons. The molecule has 0 radical (unpaired) electrons. The van der Waals surface area contributed by atoms with E-state index in [4.69, 9.17) is 0 Å². The second-order valence-electron chi connectivity index (χ2n) is 8.42. The van der Waals surface area contributed by atoms with Crippen LogP contribution in [0.15, 0.2) is 29.6 Å². The lowest BCUT2D eigenvalue weighted by molar-refractivity contribution is -0.161. The Morgan fingerprint density at radius 1 is 1.29 bits per heavy atom. The maximum absolute atomic E-state index is 14.0. The van der Waals surface area contributed by atoms with Gasteiger partial charge in [0, 0.05) is 16.6 Å². The largest absolute Gasteiger partial charge is 0.407 e. The second kappa shape index (κ2) is 8.97. The summed E-state index contributed by atoms with van der Waals surface area (Å²) in [6.07, 6.45) is -3.34. The number of nitrogens with zero attached hydrogens (tertiary/aromatic N) is 2. The molecule has 0 aliphatic heterocycles. The summed E-state index contributed by atoms with van der Waals surface area (Å²) in [5.74, 6) is -0.582. The lowest BCUT2D eigenvalue weighted by Gasteiger charge is -2.29. The van der Waals surface area contributed by atoms with E-state index in [0.717, 1.165) is 16.3 Å². The van der Waals surface area contributed by atoms with Gasteiger partial charge in [0.15, 0.2) is 0 Å². The van der Waals surface area contributed by atoms with Gasteiger partial charge in [-0.3, -0.25) is 10.1 Å². The summed E-state index contributed by atoms with van der Waals surface area (Å²) in [5.41, 5.74) is 0.679. The van der Waals surface area contributed by atoms with Crippen LogP contribution in [-0.4, -0.2) is 28.6 Å². The van der Waals surface area contributed by atoms with Crippen LogP contribution in [0.5, 0.6) is 0 Å². The van der Waals surface area contributed by atoms with Crippen molar-refractivity contribution in [2.45, 2.75) is 63.8 Å². The van der Waals surface area contributed by atoms with Crippen LogP contribution in [0.2, 0.25) is 0 Å². The van der Waals surface area contributed by atoms with Crippen LogP contribution in [-0.2, 0) is 4.79 Å². The van der Waals surface area contributed by atoms with Crippen molar-refractivity contribution in [3.05, 3.63) is 40.9 Å². The van der Waals surface area contributed by atoms with Crippen molar-refractivity contribution >= 4 is 17.2 Å². The molecule has 1 aliphatic carbocycles. The molecule has 1 fully saturated rings. The first-order valence-electron chi connectivity index (χ1n) is 10.1. The highest BCUT2D eigenvalue weighted by molar-refractivity contribution is 7.13. The molecule has 1 aromatic carbocycles. The molecule has 1 aliphatic rings. The van der Waals surface area contributed by atoms with Crippen molar-refractivity contribution < 1.29 is 18.0 Å². The van der Waals surface area contributed by atoms with Gasteiger partial charge in [0.05, 0.1) is 12.1 Å². The van der Waals surface area contributed by atoms with E-state index >= 15 is 0 Å². The number of carbonyl (C=O) groups is 1. The third-order valence-electron chi connectivity index (χ3n) is 5.16. The van der Waals surface area contributed by atoms with Crippen molar-refractivity contribution in [2.24, 2.45) is 5.92 Å². The summed E-state index contributed by atoms with van der Waals surface area (Å²) in [7, 11) is 0. The van der Waals surface area contributed by atoms with Crippen LogP contribution in [0.25, 0.3) is 10.6 Å². The normalized spacial score (nSPS) is 17.1. The van der Waals surface area contributed by atoms with Gasteiger partial charge in [-0.25, -0.2) is 4.98 Å². The van der Waals surface area contributed by atoms with Gasteiger partial charge in [0.25, 0.3) is 0 Å². The van der Waals surface area contributed by atoms with Crippen LogP contribution in [0.3, 0.4) is 0 Å². The molecule has 2 aromatic rings. The molecule has 1 heterocycles. The minimum atomic E-state index is -4.60. The standard InChI is InChI=1S/C22H25F3N4OS/c1-13(2)10-17(19(30)29-21(12-26)8-9-21)28-18(22(23,24)25)15-4-6-16(7-5-15)20-27-14(3)11-31-20/h4-7,11,13,17-18,28H,8-10H2,1-3H3,(H,29,30)/t17-,18-/m0/s1. The van der Waals surface area contributed by atoms with Crippen molar-refractivity contribution in [3.63, 3.8) is 0 Å². The number of benzene rings is 1. The first-order valence-corrected chi connectivity index (χ1v) is 11.0. The van der Waals surface area contributed by atoms with E-state index in [-0.39, 0.29) is 17.9 Å². The highest BCUT2D eigenvalue weighted by atomic mass is 32.1. The number of thiazole rings is 1. The summed E-state index contributed by atoms with van der Waals surface area (Å²) < 4.78 is 41.9. The molecule has 9 heteroatoms. The summed E-state index contributed by atoms with van der Waals surface area (Å²) in [5, 5.41) is 17.0. The van der Waals surface area contributed by atoms with Crippen LogP contribution in [0.1, 0.15) is 50.4 Å². The Labute approximate surface area is 183 Å². The third-order valence-corrected chi connectivity index (χ3v) is 6.16. The molecule has 1 saturated carbocycles. The Morgan fingerprint density at radius 2 is 1.94 bits per heavy atom. The summed E-state index contributed by atoms with van der Waals surface area (Å²) >= 11 is 1.43. The van der Waals surface area contributed by atoms with E-state index in [2.05, 4.69) is 15.6 Å². The van der Waals surface area contributed by atoms with Gasteiger partial charge < -0.3 is 5.32 Å². The number of rotatable bonds is 8. The number of hydrogen-bond donors (Lipinski definition) is 2. The summed E-state index contributed by atoms with van der Waals surface area (Å²) in [6, 6.07) is 5.02. The zero-order chi connectivity index (χ0) is 22.8. The first kappa shape index (κ1) is 23.2. The molecule has 31 heavy (non-hydrogen) atoms. The van der Waals surface area contributed by atoms with E-state index < -0.39 is 29.7 Å². The second-order valence-corrected chi connectivity index (χ2v) is 9.28. The van der Waals surface area contributed by atoms with Gasteiger partial charge in [0.1, 0.15) is 16.6 Å². The Balaban J connectivity index is 1.83. The lowest BCUT2D eigenvalue weighted by Crippen LogP contribution is -2.52. The van der Waals surface area contributed by atoms with E-state index in [1.54, 1.807) is 12.1 Å². The van der Waals surface area contributed by atoms with Crippen LogP contribution in [0.4, 0.5) is 13.2 Å². The average Bonchev–Trinajstić information content (AvgIpc) is 3.34. The molecule has 5 nitrogen and oxygen atoms in total. The fourth-order valence-electron chi connectivity index (χ4n) is 3.32. The van der Waals surface area contributed by atoms with E-state index in [9.17, 15) is 23.2 Å². The Bertz CT molecular complexity index is 958. The quantitative estimate of drug-likeness (QED) is 0.600. The maximum atomic E-state index is 14.0. The third kappa shape index (κ3) is 5.83. The minimum Gasteiger partial charge on any atom is -0.336 e. The van der Waals surface area contributed by atoms with Crippen LogP contribution >= 0.6 is 11.3 Å². The molecule has 0 unspecified atom stereocenters. The predicted molar refractivity (Wildman–Crippen MR) is 113 cm³/mol. The van der Waals surface area contributed by atoms with E-state index in [1.165, 1.54) is 23.5 Å². The Hall–Kier alpha value is -2.44. The monoisotopic (exact) mass is 450 g/mol. The molecule has 2 N–H and O–H groups in total. The van der Waals surface area contributed by atoms with E-state index in [0.29, 0.717) is 12.8 Å². The van der Waals surface area contributed by atoms with Gasteiger partial charge in [0.2, 0.25) is 5.91 Å². The fourth-order valence-corrected chi connectivity index (χ4v) is 4.12. The molecule has 3 rings (SSSR count). The maximum Gasteiger partial charge on any atom is 0.407 e.